The van der Waals surface area contributed by atoms with Gasteiger partial charge in [0.25, 0.3) is 0 Å². The number of aryl methyl sites for hydroxylation is 1. The molecule has 4 aromatic rings. The molecule has 0 bridgehead atoms. The molecule has 0 spiro atoms. The summed E-state index contributed by atoms with van der Waals surface area (Å²) in [6.07, 6.45) is 2.42. The van der Waals surface area contributed by atoms with E-state index in [-0.39, 0.29) is 0 Å². The number of hydrogen-bond acceptors (Lipinski definition) is 4. The van der Waals surface area contributed by atoms with Crippen molar-refractivity contribution in [2.45, 2.75) is 32.7 Å². The molecule has 0 aliphatic heterocycles. The number of hydrogen-bond donors (Lipinski definition) is 1. The number of nitrogens with zero attached hydrogens (tertiary/aromatic N) is 2. The highest BCUT2D eigenvalue weighted by Crippen LogP contribution is 2.28. The van der Waals surface area contributed by atoms with Gasteiger partial charge in [0, 0.05) is 33.6 Å². The summed E-state index contributed by atoms with van der Waals surface area (Å²) in [6, 6.07) is 15.4. The van der Waals surface area contributed by atoms with E-state index >= 15 is 0 Å². The maximum Gasteiger partial charge on any atom is 0.329 e. The zero-order chi connectivity index (χ0) is 22.2. The number of oxazole rings is 1. The van der Waals surface area contributed by atoms with E-state index in [2.05, 4.69) is 20.9 Å². The lowest BCUT2D eigenvalue weighted by atomic mass is 10.1. The zero-order valence-corrected chi connectivity index (χ0v) is 19.1. The Morgan fingerprint density at radius 3 is 2.65 bits per heavy atom. The highest BCUT2D eigenvalue weighted by atomic mass is 79.9. The van der Waals surface area contributed by atoms with Crippen LogP contribution in [0.3, 0.4) is 0 Å². The number of carboxylic acids is 1. The van der Waals surface area contributed by atoms with Crippen molar-refractivity contribution in [3.63, 3.8) is 0 Å². The van der Waals surface area contributed by atoms with Crippen LogP contribution in [0.1, 0.15) is 25.3 Å². The number of ether oxygens (including phenoxy) is 1. The fourth-order valence-electron chi connectivity index (χ4n) is 3.44. The van der Waals surface area contributed by atoms with Gasteiger partial charge in [0.2, 0.25) is 5.89 Å². The summed E-state index contributed by atoms with van der Waals surface area (Å²) >= 11 is 3.43. The van der Waals surface area contributed by atoms with Gasteiger partial charge in [-0.1, -0.05) is 15.9 Å². The van der Waals surface area contributed by atoms with Crippen LogP contribution in [0.25, 0.3) is 22.4 Å². The Kier molecular flexibility index (Phi) is 5.62. The van der Waals surface area contributed by atoms with Gasteiger partial charge in [0.15, 0.2) is 0 Å². The van der Waals surface area contributed by atoms with E-state index in [0.717, 1.165) is 38.1 Å². The van der Waals surface area contributed by atoms with Crippen molar-refractivity contribution in [3.05, 3.63) is 70.7 Å². The summed E-state index contributed by atoms with van der Waals surface area (Å²) in [5, 5.41) is 10.4. The first-order valence-corrected chi connectivity index (χ1v) is 10.7. The van der Waals surface area contributed by atoms with E-state index in [0.29, 0.717) is 18.9 Å². The van der Waals surface area contributed by atoms with Gasteiger partial charge in [-0.15, -0.1) is 0 Å². The standard InChI is InChI=1S/C24H23BrN2O4/c1-15-20(26-22(31-15)16-4-6-18(25)7-5-16)11-13-30-19-8-9-21-17(14-19)10-12-27(21)24(2,3)23(28)29/h4-10,12,14H,11,13H2,1-3H3,(H,28,29). The summed E-state index contributed by atoms with van der Waals surface area (Å²) in [4.78, 5) is 16.2. The minimum absolute atomic E-state index is 0.458. The van der Waals surface area contributed by atoms with Gasteiger partial charge in [0.1, 0.15) is 17.0 Å². The number of benzene rings is 2. The van der Waals surface area contributed by atoms with E-state index in [1.165, 1.54) is 0 Å². The van der Waals surface area contributed by atoms with Crippen LogP contribution in [0.5, 0.6) is 5.75 Å². The minimum Gasteiger partial charge on any atom is -0.493 e. The van der Waals surface area contributed by atoms with Gasteiger partial charge in [-0.05, 0) is 69.3 Å². The lowest BCUT2D eigenvalue weighted by molar-refractivity contribution is -0.145. The highest BCUT2D eigenvalue weighted by Gasteiger charge is 2.30. The molecule has 2 aromatic carbocycles. The third kappa shape index (κ3) is 4.23. The van der Waals surface area contributed by atoms with E-state index in [1.54, 1.807) is 24.6 Å². The smallest absolute Gasteiger partial charge is 0.329 e. The second-order valence-corrected chi connectivity index (χ2v) is 8.81. The third-order valence-electron chi connectivity index (χ3n) is 5.38. The molecule has 7 heteroatoms. The molecular weight excluding hydrogens is 460 g/mol. The molecule has 0 amide bonds. The summed E-state index contributed by atoms with van der Waals surface area (Å²) < 4.78 is 14.5. The van der Waals surface area contributed by atoms with Gasteiger partial charge in [0.05, 0.1) is 12.3 Å². The van der Waals surface area contributed by atoms with Gasteiger partial charge < -0.3 is 18.8 Å². The Morgan fingerprint density at radius 1 is 1.19 bits per heavy atom. The van der Waals surface area contributed by atoms with Crippen LogP contribution >= 0.6 is 15.9 Å². The predicted octanol–water partition coefficient (Wildman–Crippen LogP) is 5.81. The molecule has 2 aromatic heterocycles. The third-order valence-corrected chi connectivity index (χ3v) is 5.91. The predicted molar refractivity (Wildman–Crippen MR) is 122 cm³/mol. The van der Waals surface area contributed by atoms with Crippen molar-refractivity contribution in [3.8, 4) is 17.2 Å². The van der Waals surface area contributed by atoms with Crippen LogP contribution in [0.4, 0.5) is 0 Å². The van der Waals surface area contributed by atoms with Crippen LogP contribution in [-0.4, -0.2) is 27.2 Å². The number of rotatable bonds is 7. The highest BCUT2D eigenvalue weighted by molar-refractivity contribution is 9.10. The van der Waals surface area contributed by atoms with E-state index in [4.69, 9.17) is 9.15 Å². The summed E-state index contributed by atoms with van der Waals surface area (Å²) in [5.41, 5.74) is 1.62. The first kappa shape index (κ1) is 21.2. The molecule has 1 N–H and O–H groups in total. The Bertz CT molecular complexity index is 1240. The Labute approximate surface area is 188 Å². The average molecular weight is 483 g/mol. The van der Waals surface area contributed by atoms with Gasteiger partial charge in [-0.2, -0.15) is 0 Å². The largest absolute Gasteiger partial charge is 0.493 e. The molecule has 0 aliphatic rings. The molecule has 0 atom stereocenters. The Hall–Kier alpha value is -3.06. The second kappa shape index (κ2) is 8.23. The number of aliphatic carboxylic acids is 1. The Balaban J connectivity index is 1.44. The van der Waals surface area contributed by atoms with Crippen molar-refractivity contribution in [2.75, 3.05) is 6.61 Å². The fraction of sp³-hybridized carbons (Fsp3) is 0.250. The molecular formula is C24H23BrN2O4. The quantitative estimate of drug-likeness (QED) is 0.359. The van der Waals surface area contributed by atoms with Crippen molar-refractivity contribution in [2.24, 2.45) is 0 Å². The number of halogens is 1. The SMILES string of the molecule is Cc1oc(-c2ccc(Br)cc2)nc1CCOc1ccc2c(ccn2C(C)(C)C(=O)O)c1. The van der Waals surface area contributed by atoms with Crippen molar-refractivity contribution in [1.29, 1.82) is 0 Å². The van der Waals surface area contributed by atoms with E-state index in [9.17, 15) is 9.90 Å². The van der Waals surface area contributed by atoms with Crippen LogP contribution < -0.4 is 4.74 Å². The van der Waals surface area contributed by atoms with Crippen LogP contribution in [0, 0.1) is 6.92 Å². The second-order valence-electron chi connectivity index (χ2n) is 7.90. The van der Waals surface area contributed by atoms with Crippen molar-refractivity contribution < 1.29 is 19.1 Å². The van der Waals surface area contributed by atoms with Crippen molar-refractivity contribution >= 4 is 32.8 Å². The molecule has 0 saturated heterocycles. The first-order valence-electron chi connectivity index (χ1n) is 9.96. The topological polar surface area (TPSA) is 77.5 Å². The van der Waals surface area contributed by atoms with Crippen LogP contribution in [0.15, 0.2) is 63.6 Å². The molecule has 6 nitrogen and oxygen atoms in total. The average Bonchev–Trinajstić information content (AvgIpc) is 3.32. The molecule has 2 heterocycles. The minimum atomic E-state index is -1.03. The molecule has 0 aliphatic carbocycles. The van der Waals surface area contributed by atoms with Crippen LogP contribution in [0.2, 0.25) is 0 Å². The monoisotopic (exact) mass is 482 g/mol. The number of carboxylic acid groups (broad SMARTS) is 1. The molecule has 0 radical (unpaired) electrons. The molecule has 160 valence electrons. The normalized spacial score (nSPS) is 11.7. The van der Waals surface area contributed by atoms with Gasteiger partial charge in [-0.3, -0.25) is 0 Å². The van der Waals surface area contributed by atoms with Gasteiger partial charge >= 0.3 is 5.97 Å². The maximum absolute atomic E-state index is 11.6. The van der Waals surface area contributed by atoms with E-state index < -0.39 is 11.5 Å². The number of carbonyl (C=O) groups is 1. The lowest BCUT2D eigenvalue weighted by Crippen LogP contribution is -2.34. The summed E-state index contributed by atoms with van der Waals surface area (Å²) in [5.74, 6) is 1.23. The molecule has 0 unspecified atom stereocenters. The zero-order valence-electron chi connectivity index (χ0n) is 17.6. The number of aromatic nitrogens is 2. The van der Waals surface area contributed by atoms with Crippen molar-refractivity contribution in [1.82, 2.24) is 9.55 Å². The molecule has 0 saturated carbocycles. The maximum atomic E-state index is 11.6. The lowest BCUT2D eigenvalue weighted by Gasteiger charge is -2.23. The van der Waals surface area contributed by atoms with Crippen LogP contribution in [-0.2, 0) is 16.8 Å². The molecule has 31 heavy (non-hydrogen) atoms. The Morgan fingerprint density at radius 2 is 1.94 bits per heavy atom. The molecule has 0 fully saturated rings. The fourth-order valence-corrected chi connectivity index (χ4v) is 3.71. The first-order chi connectivity index (χ1) is 14.8. The van der Waals surface area contributed by atoms with Gasteiger partial charge in [-0.25, -0.2) is 9.78 Å². The molecule has 4 rings (SSSR count). The summed E-state index contributed by atoms with van der Waals surface area (Å²) in [7, 11) is 0. The number of fused-ring (bicyclic) bond motifs is 1. The van der Waals surface area contributed by atoms with E-state index in [1.807, 2.05) is 55.5 Å². The summed E-state index contributed by atoms with van der Waals surface area (Å²) in [6.45, 7) is 5.73.